The summed E-state index contributed by atoms with van der Waals surface area (Å²) in [5.74, 6) is 1.08. The number of benzene rings is 1. The molecule has 0 bridgehead atoms. The molecule has 3 saturated heterocycles. The molecule has 0 aliphatic carbocycles. The number of piperidine rings is 2. The van der Waals surface area contributed by atoms with Crippen LogP contribution >= 0.6 is 0 Å². The minimum absolute atomic E-state index is 0.0232. The Balaban J connectivity index is 1.33. The predicted octanol–water partition coefficient (Wildman–Crippen LogP) is 2.24. The number of methoxy groups -OCH3 is 2. The number of carbonyl (C=O) groups excluding carboxylic acids is 3. The fourth-order valence-corrected chi connectivity index (χ4v) is 5.60. The summed E-state index contributed by atoms with van der Waals surface area (Å²) in [6.07, 6.45) is 6.01. The van der Waals surface area contributed by atoms with Crippen LogP contribution in [0.1, 0.15) is 44.1 Å². The lowest BCUT2D eigenvalue weighted by molar-refractivity contribution is -0.135. The van der Waals surface area contributed by atoms with Crippen molar-refractivity contribution >= 4 is 17.8 Å². The van der Waals surface area contributed by atoms with Crippen molar-refractivity contribution in [2.75, 3.05) is 40.9 Å². The molecule has 4 amide bonds. The fraction of sp³-hybridized carbons (Fsp3) is 0.640. The first-order valence-electron chi connectivity index (χ1n) is 12.2. The highest BCUT2D eigenvalue weighted by Crippen LogP contribution is 2.32. The third kappa shape index (κ3) is 5.14. The second-order valence-electron chi connectivity index (χ2n) is 9.60. The summed E-state index contributed by atoms with van der Waals surface area (Å²) >= 11 is 0. The van der Waals surface area contributed by atoms with Crippen molar-refractivity contribution < 1.29 is 23.9 Å². The molecule has 1 aromatic carbocycles. The van der Waals surface area contributed by atoms with Crippen LogP contribution in [-0.2, 0) is 16.1 Å². The molecule has 9 heteroatoms. The van der Waals surface area contributed by atoms with Gasteiger partial charge in [-0.3, -0.25) is 14.5 Å². The average Bonchev–Trinajstić information content (AvgIpc) is 3.11. The Hall–Kier alpha value is -2.81. The Bertz CT molecular complexity index is 921. The highest BCUT2D eigenvalue weighted by molar-refractivity contribution is 6.05. The number of hydrogen-bond donors (Lipinski definition) is 1. The topological polar surface area (TPSA) is 91.4 Å². The number of ether oxygens (including phenoxy) is 2. The van der Waals surface area contributed by atoms with E-state index in [2.05, 4.69) is 10.2 Å². The van der Waals surface area contributed by atoms with Gasteiger partial charge in [0.25, 0.3) is 5.91 Å². The Morgan fingerprint density at radius 1 is 1.09 bits per heavy atom. The summed E-state index contributed by atoms with van der Waals surface area (Å²) in [7, 11) is 4.90. The van der Waals surface area contributed by atoms with Gasteiger partial charge in [-0.1, -0.05) is 12.5 Å². The first-order valence-corrected chi connectivity index (χ1v) is 12.2. The second-order valence-corrected chi connectivity index (χ2v) is 9.60. The first-order chi connectivity index (χ1) is 16.4. The molecule has 1 aromatic rings. The molecule has 3 atom stereocenters. The summed E-state index contributed by atoms with van der Waals surface area (Å²) in [5.41, 5.74) is 0.736. The molecule has 0 saturated carbocycles. The third-order valence-corrected chi connectivity index (χ3v) is 7.44. The molecule has 0 spiro atoms. The first kappa shape index (κ1) is 24.3. The van der Waals surface area contributed by atoms with Gasteiger partial charge in [0.05, 0.1) is 27.2 Å². The maximum Gasteiger partial charge on any atom is 0.325 e. The monoisotopic (exact) mass is 472 g/mol. The van der Waals surface area contributed by atoms with Crippen LogP contribution in [0.4, 0.5) is 4.79 Å². The van der Waals surface area contributed by atoms with E-state index in [9.17, 15) is 14.4 Å². The van der Waals surface area contributed by atoms with Crippen LogP contribution in [0.5, 0.6) is 11.5 Å². The van der Waals surface area contributed by atoms with Crippen LogP contribution in [0.25, 0.3) is 0 Å². The number of nitrogens with zero attached hydrogens (tertiary/aromatic N) is 3. The molecular weight excluding hydrogens is 436 g/mol. The maximum absolute atomic E-state index is 13.0. The molecule has 4 rings (SSSR count). The van der Waals surface area contributed by atoms with Gasteiger partial charge in [0.1, 0.15) is 6.04 Å². The number of urea groups is 1. The van der Waals surface area contributed by atoms with E-state index >= 15 is 0 Å². The van der Waals surface area contributed by atoms with Gasteiger partial charge in [0.15, 0.2) is 11.5 Å². The summed E-state index contributed by atoms with van der Waals surface area (Å²) in [6.45, 7) is 3.13. The molecule has 3 heterocycles. The van der Waals surface area contributed by atoms with Crippen LogP contribution in [0.2, 0.25) is 0 Å². The van der Waals surface area contributed by atoms with E-state index in [1.54, 1.807) is 30.2 Å². The van der Waals surface area contributed by atoms with Gasteiger partial charge in [-0.05, 0) is 62.4 Å². The van der Waals surface area contributed by atoms with Crippen molar-refractivity contribution in [3.05, 3.63) is 23.8 Å². The molecule has 186 valence electrons. The van der Waals surface area contributed by atoms with Crippen LogP contribution in [0.15, 0.2) is 18.2 Å². The van der Waals surface area contributed by atoms with E-state index in [-0.39, 0.29) is 24.8 Å². The summed E-state index contributed by atoms with van der Waals surface area (Å²) < 4.78 is 10.5. The zero-order valence-corrected chi connectivity index (χ0v) is 20.4. The molecule has 34 heavy (non-hydrogen) atoms. The second kappa shape index (κ2) is 10.6. The molecule has 3 fully saturated rings. The van der Waals surface area contributed by atoms with Gasteiger partial charge in [0.2, 0.25) is 5.91 Å². The normalized spacial score (nSPS) is 25.0. The smallest absolute Gasteiger partial charge is 0.325 e. The highest BCUT2D eigenvalue weighted by atomic mass is 16.5. The van der Waals surface area contributed by atoms with Crippen molar-refractivity contribution in [3.8, 4) is 11.5 Å². The van der Waals surface area contributed by atoms with Crippen molar-refractivity contribution in [1.29, 1.82) is 0 Å². The van der Waals surface area contributed by atoms with Gasteiger partial charge in [-0.25, -0.2) is 4.79 Å². The van der Waals surface area contributed by atoms with Crippen molar-refractivity contribution in [3.63, 3.8) is 0 Å². The Morgan fingerprint density at radius 2 is 1.85 bits per heavy atom. The number of carbonyl (C=O) groups is 3. The number of fused-ring (bicyclic) bond motifs is 1. The van der Waals surface area contributed by atoms with Crippen LogP contribution in [0.3, 0.4) is 0 Å². The van der Waals surface area contributed by atoms with Gasteiger partial charge in [-0.2, -0.15) is 0 Å². The van der Waals surface area contributed by atoms with Gasteiger partial charge in [0, 0.05) is 19.6 Å². The van der Waals surface area contributed by atoms with Gasteiger partial charge < -0.3 is 24.6 Å². The van der Waals surface area contributed by atoms with Crippen LogP contribution in [0, 0.1) is 5.92 Å². The van der Waals surface area contributed by atoms with E-state index in [0.29, 0.717) is 30.0 Å². The van der Waals surface area contributed by atoms with Crippen LogP contribution in [-0.4, -0.2) is 85.5 Å². The number of nitrogens with one attached hydrogen (secondary N) is 1. The van der Waals surface area contributed by atoms with Crippen molar-refractivity contribution in [2.24, 2.45) is 5.92 Å². The molecule has 0 radical (unpaired) electrons. The minimum Gasteiger partial charge on any atom is -0.493 e. The predicted molar refractivity (Wildman–Crippen MR) is 127 cm³/mol. The van der Waals surface area contributed by atoms with E-state index in [4.69, 9.17) is 9.47 Å². The standard InChI is InChI=1S/C25H36N4O5/c1-27(16-18-7-6-12-28-11-5-4-8-20(18)28)23(30)14-19-24(31)29(25(32)26-19)15-17-9-10-21(33-2)22(13-17)34-3/h9-10,13,18-20H,4-8,11-12,14-16H2,1-3H3,(H,26,32)/t18-,19-,20-/m1/s1. The lowest BCUT2D eigenvalue weighted by Gasteiger charge is -2.45. The maximum atomic E-state index is 13.0. The molecule has 0 unspecified atom stereocenters. The van der Waals surface area contributed by atoms with Gasteiger partial charge in [-0.15, -0.1) is 0 Å². The molecule has 9 nitrogen and oxygen atoms in total. The zero-order chi connectivity index (χ0) is 24.2. The number of hydrogen-bond acceptors (Lipinski definition) is 6. The lowest BCUT2D eigenvalue weighted by atomic mass is 9.83. The van der Waals surface area contributed by atoms with Gasteiger partial charge >= 0.3 is 6.03 Å². The van der Waals surface area contributed by atoms with E-state index in [1.807, 2.05) is 7.05 Å². The third-order valence-electron chi connectivity index (χ3n) is 7.44. The SMILES string of the molecule is COc1ccc(CN2C(=O)N[C@H](CC(=O)N(C)C[C@H]3CCCN4CCCC[C@H]34)C2=O)cc1OC. The van der Waals surface area contributed by atoms with Crippen molar-refractivity contribution in [2.45, 2.75) is 57.2 Å². The molecule has 1 N–H and O–H groups in total. The number of rotatable bonds is 8. The van der Waals surface area contributed by atoms with Crippen LogP contribution < -0.4 is 14.8 Å². The Labute approximate surface area is 201 Å². The minimum atomic E-state index is -0.833. The summed E-state index contributed by atoms with van der Waals surface area (Å²) in [4.78, 5) is 43.9. The van der Waals surface area contributed by atoms with Crippen molar-refractivity contribution in [1.82, 2.24) is 20.0 Å². The summed E-state index contributed by atoms with van der Waals surface area (Å²) in [5, 5.41) is 2.69. The molecular formula is C25H36N4O5. The number of imide groups is 1. The van der Waals surface area contributed by atoms with E-state index in [1.165, 1.54) is 32.8 Å². The average molecular weight is 473 g/mol. The number of amides is 4. The Morgan fingerprint density at radius 3 is 2.62 bits per heavy atom. The molecule has 0 aromatic heterocycles. The lowest BCUT2D eigenvalue weighted by Crippen LogP contribution is -2.51. The quantitative estimate of drug-likeness (QED) is 0.584. The molecule has 3 aliphatic rings. The highest BCUT2D eigenvalue weighted by Gasteiger charge is 2.40. The molecule has 3 aliphatic heterocycles. The van der Waals surface area contributed by atoms with E-state index in [0.717, 1.165) is 30.0 Å². The zero-order valence-electron chi connectivity index (χ0n) is 20.4. The van der Waals surface area contributed by atoms with E-state index < -0.39 is 12.1 Å². The Kier molecular flexibility index (Phi) is 7.60. The summed E-state index contributed by atoms with van der Waals surface area (Å²) in [6, 6.07) is 4.51. The largest absolute Gasteiger partial charge is 0.493 e. The fourth-order valence-electron chi connectivity index (χ4n) is 5.60.